The Kier molecular flexibility index (Phi) is 1.99. The minimum Gasteiger partial charge on any atom is -0.368 e. The average molecular weight is 197 g/mol. The fourth-order valence-corrected chi connectivity index (χ4v) is 1.89. The number of nitrogens with two attached hydrogens (primary N) is 2. The molecule has 2 fully saturated rings. The maximum Gasteiger partial charge on any atom is 0.240 e. The van der Waals surface area contributed by atoms with E-state index in [0.717, 1.165) is 12.8 Å². The molecule has 1 atom stereocenters. The Bertz CT molecular complexity index is 286. The molecular weight excluding hydrogens is 182 g/mol. The lowest BCUT2D eigenvalue weighted by atomic mass is 9.97. The van der Waals surface area contributed by atoms with Crippen LogP contribution < -0.4 is 11.5 Å². The Morgan fingerprint density at radius 1 is 1.43 bits per heavy atom. The fourth-order valence-electron chi connectivity index (χ4n) is 1.89. The van der Waals surface area contributed by atoms with Gasteiger partial charge in [-0.25, -0.2) is 0 Å². The van der Waals surface area contributed by atoms with E-state index >= 15 is 0 Å². The second-order valence-corrected chi connectivity index (χ2v) is 4.19. The van der Waals surface area contributed by atoms with Crippen molar-refractivity contribution in [2.75, 3.05) is 13.1 Å². The van der Waals surface area contributed by atoms with Crippen LogP contribution in [0.2, 0.25) is 0 Å². The molecule has 1 saturated carbocycles. The molecule has 5 nitrogen and oxygen atoms in total. The molecule has 2 aliphatic rings. The van der Waals surface area contributed by atoms with Gasteiger partial charge in [-0.1, -0.05) is 0 Å². The van der Waals surface area contributed by atoms with Crippen molar-refractivity contribution in [2.24, 2.45) is 16.9 Å². The Morgan fingerprint density at radius 2 is 2.07 bits per heavy atom. The molecule has 0 spiro atoms. The first-order valence-corrected chi connectivity index (χ1v) is 4.91. The van der Waals surface area contributed by atoms with Crippen molar-refractivity contribution in [3.8, 4) is 0 Å². The summed E-state index contributed by atoms with van der Waals surface area (Å²) in [5, 5.41) is 0. The van der Waals surface area contributed by atoms with Crippen molar-refractivity contribution >= 4 is 11.8 Å². The third-order valence-corrected chi connectivity index (χ3v) is 3.31. The molecule has 1 aliphatic carbocycles. The van der Waals surface area contributed by atoms with Crippen LogP contribution in [0.25, 0.3) is 0 Å². The molecule has 14 heavy (non-hydrogen) atoms. The number of hydrogen-bond donors (Lipinski definition) is 2. The lowest BCUT2D eigenvalue weighted by Crippen LogP contribution is -2.59. The normalized spacial score (nSPS) is 28.1. The van der Waals surface area contributed by atoms with Crippen molar-refractivity contribution in [2.45, 2.75) is 25.3 Å². The van der Waals surface area contributed by atoms with Crippen LogP contribution in [0.5, 0.6) is 0 Å². The molecule has 0 radical (unpaired) electrons. The van der Waals surface area contributed by atoms with Gasteiger partial charge < -0.3 is 16.4 Å². The molecule has 1 saturated heterocycles. The van der Waals surface area contributed by atoms with Crippen LogP contribution in [0, 0.1) is 5.41 Å². The molecule has 0 bridgehead atoms. The second-order valence-electron chi connectivity index (χ2n) is 4.19. The number of carbonyl (C=O) groups is 2. The molecule has 0 aromatic rings. The van der Waals surface area contributed by atoms with Gasteiger partial charge in [0.2, 0.25) is 11.8 Å². The first-order chi connectivity index (χ1) is 6.60. The predicted molar refractivity (Wildman–Crippen MR) is 50.0 cm³/mol. The average Bonchev–Trinajstić information content (AvgIpc) is 2.80. The highest BCUT2D eigenvalue weighted by Gasteiger charge is 2.53. The van der Waals surface area contributed by atoms with Gasteiger partial charge in [-0.05, 0) is 19.3 Å². The Hall–Kier alpha value is -1.10. The molecule has 1 heterocycles. The van der Waals surface area contributed by atoms with Crippen LogP contribution in [0.1, 0.15) is 19.3 Å². The zero-order chi connectivity index (χ0) is 10.3. The summed E-state index contributed by atoms with van der Waals surface area (Å²) in [4.78, 5) is 24.4. The Balaban J connectivity index is 2.02. The summed E-state index contributed by atoms with van der Waals surface area (Å²) in [6, 6.07) is -0.383. The van der Waals surface area contributed by atoms with Crippen LogP contribution >= 0.6 is 0 Å². The molecule has 4 N–H and O–H groups in total. The number of carbonyl (C=O) groups excluding carboxylic acids is 2. The van der Waals surface area contributed by atoms with Gasteiger partial charge in [-0.15, -0.1) is 0 Å². The standard InChI is InChI=1S/C9H15N3O2/c10-5-9(2-3-9)8(14)12-4-1-6(12)7(11)13/h6H,1-5,10H2,(H2,11,13). The number of rotatable bonds is 3. The lowest BCUT2D eigenvalue weighted by molar-refractivity contribution is -0.150. The van der Waals surface area contributed by atoms with Crippen LogP contribution in [0.3, 0.4) is 0 Å². The van der Waals surface area contributed by atoms with Gasteiger partial charge in [0, 0.05) is 13.1 Å². The van der Waals surface area contributed by atoms with Crippen LogP contribution in [0.15, 0.2) is 0 Å². The zero-order valence-corrected chi connectivity index (χ0v) is 8.03. The van der Waals surface area contributed by atoms with E-state index in [0.29, 0.717) is 19.5 Å². The monoisotopic (exact) mass is 197 g/mol. The third-order valence-electron chi connectivity index (χ3n) is 3.31. The minimum absolute atomic E-state index is 0.0232. The van der Waals surface area contributed by atoms with E-state index in [9.17, 15) is 9.59 Å². The zero-order valence-electron chi connectivity index (χ0n) is 8.03. The van der Waals surface area contributed by atoms with Gasteiger partial charge in [-0.3, -0.25) is 9.59 Å². The van der Waals surface area contributed by atoms with E-state index in [-0.39, 0.29) is 17.4 Å². The molecule has 1 aliphatic heterocycles. The molecular formula is C9H15N3O2. The van der Waals surface area contributed by atoms with Crippen LogP contribution in [0.4, 0.5) is 0 Å². The Morgan fingerprint density at radius 3 is 2.36 bits per heavy atom. The van der Waals surface area contributed by atoms with Gasteiger partial charge in [0.15, 0.2) is 0 Å². The van der Waals surface area contributed by atoms with Gasteiger partial charge >= 0.3 is 0 Å². The quantitative estimate of drug-likeness (QED) is 0.596. The summed E-state index contributed by atoms with van der Waals surface area (Å²) in [7, 11) is 0. The van der Waals surface area contributed by atoms with Gasteiger partial charge in [0.25, 0.3) is 0 Å². The maximum atomic E-state index is 11.9. The van der Waals surface area contributed by atoms with Gasteiger partial charge in [0.05, 0.1) is 5.41 Å². The summed E-state index contributed by atoms with van der Waals surface area (Å²) in [6.07, 6.45) is 2.40. The number of hydrogen-bond acceptors (Lipinski definition) is 3. The van der Waals surface area contributed by atoms with Crippen LogP contribution in [-0.2, 0) is 9.59 Å². The summed E-state index contributed by atoms with van der Waals surface area (Å²) in [5.74, 6) is -0.382. The molecule has 1 unspecified atom stereocenters. The van der Waals surface area contributed by atoms with E-state index in [4.69, 9.17) is 11.5 Å². The second kappa shape index (κ2) is 2.95. The lowest BCUT2D eigenvalue weighted by Gasteiger charge is -2.40. The fraction of sp³-hybridized carbons (Fsp3) is 0.778. The number of likely N-dealkylation sites (tertiary alicyclic amines) is 1. The highest BCUT2D eigenvalue weighted by molar-refractivity contribution is 5.92. The van der Waals surface area contributed by atoms with E-state index in [1.54, 1.807) is 4.90 Å². The van der Waals surface area contributed by atoms with Crippen molar-refractivity contribution in [3.63, 3.8) is 0 Å². The molecule has 78 valence electrons. The number of nitrogens with zero attached hydrogens (tertiary/aromatic N) is 1. The van der Waals surface area contributed by atoms with E-state index in [1.165, 1.54) is 0 Å². The summed E-state index contributed by atoms with van der Waals surface area (Å²) in [5.41, 5.74) is 10.4. The number of primary amides is 1. The number of amides is 2. The first-order valence-electron chi connectivity index (χ1n) is 4.91. The Labute approximate surface area is 82.4 Å². The topological polar surface area (TPSA) is 89.4 Å². The molecule has 0 aromatic carbocycles. The molecule has 2 rings (SSSR count). The molecule has 0 aromatic heterocycles. The summed E-state index contributed by atoms with van der Waals surface area (Å²) < 4.78 is 0. The van der Waals surface area contributed by atoms with Gasteiger partial charge in [0.1, 0.15) is 6.04 Å². The SMILES string of the molecule is NCC1(C(=O)N2CCC2C(N)=O)CC1. The predicted octanol–water partition coefficient (Wildman–Crippen LogP) is -1.19. The highest BCUT2D eigenvalue weighted by atomic mass is 16.2. The molecule has 5 heteroatoms. The smallest absolute Gasteiger partial charge is 0.240 e. The first kappa shape index (κ1) is 9.45. The van der Waals surface area contributed by atoms with E-state index in [1.807, 2.05) is 0 Å². The summed E-state index contributed by atoms with van der Waals surface area (Å²) in [6.45, 7) is 1.03. The highest BCUT2D eigenvalue weighted by Crippen LogP contribution is 2.47. The van der Waals surface area contributed by atoms with Gasteiger partial charge in [-0.2, -0.15) is 0 Å². The van der Waals surface area contributed by atoms with E-state index in [2.05, 4.69) is 0 Å². The van der Waals surface area contributed by atoms with Crippen molar-refractivity contribution in [1.82, 2.24) is 4.90 Å². The maximum absolute atomic E-state index is 11.9. The largest absolute Gasteiger partial charge is 0.368 e. The third kappa shape index (κ3) is 1.19. The van der Waals surface area contributed by atoms with E-state index < -0.39 is 5.91 Å². The van der Waals surface area contributed by atoms with Crippen LogP contribution in [-0.4, -0.2) is 35.8 Å². The minimum atomic E-state index is -0.405. The summed E-state index contributed by atoms with van der Waals surface area (Å²) >= 11 is 0. The van der Waals surface area contributed by atoms with Crippen molar-refractivity contribution in [3.05, 3.63) is 0 Å². The van der Waals surface area contributed by atoms with Crippen molar-refractivity contribution < 1.29 is 9.59 Å². The molecule has 2 amide bonds. The van der Waals surface area contributed by atoms with Crippen molar-refractivity contribution in [1.29, 1.82) is 0 Å².